The number of carbonyl (C=O) groups is 1. The Balaban J connectivity index is 2.01. The van der Waals surface area contributed by atoms with Gasteiger partial charge in [-0.15, -0.1) is 0 Å². The molecule has 1 aromatic carbocycles. The maximum Gasteiger partial charge on any atom is 0.361 e. The highest BCUT2D eigenvalue weighted by Gasteiger charge is 2.19. The second-order valence-corrected chi connectivity index (χ2v) is 5.34. The third-order valence-electron chi connectivity index (χ3n) is 3.62. The fraction of sp³-hybridized carbons (Fsp3) is 0.158. The van der Waals surface area contributed by atoms with Gasteiger partial charge in [0.1, 0.15) is 5.69 Å². The van der Waals surface area contributed by atoms with Crippen molar-refractivity contribution in [2.24, 2.45) is 5.10 Å². The molecule has 0 bridgehead atoms. The van der Waals surface area contributed by atoms with Crippen molar-refractivity contribution in [2.75, 3.05) is 12.0 Å². The molecule has 1 N–H and O–H groups in total. The zero-order valence-electron chi connectivity index (χ0n) is 14.1. The van der Waals surface area contributed by atoms with Crippen molar-refractivity contribution < 1.29 is 9.53 Å². The minimum absolute atomic E-state index is 0.132. The summed E-state index contributed by atoms with van der Waals surface area (Å²) in [6.07, 6.45) is 3.34. The Hall–Kier alpha value is -3.28. The van der Waals surface area contributed by atoms with Crippen LogP contribution in [-0.4, -0.2) is 28.3 Å². The number of aryl methyl sites for hydroxylation is 1. The number of fused-ring (bicyclic) bond motifs is 1. The highest BCUT2D eigenvalue weighted by Crippen LogP contribution is 2.20. The molecule has 6 heteroatoms. The monoisotopic (exact) mass is 334 g/mol. The van der Waals surface area contributed by atoms with Crippen molar-refractivity contribution in [3.8, 4) is 0 Å². The lowest BCUT2D eigenvalue weighted by atomic mass is 10.1. The Bertz CT molecular complexity index is 932. The van der Waals surface area contributed by atoms with Crippen LogP contribution >= 0.6 is 0 Å². The lowest BCUT2D eigenvalue weighted by Gasteiger charge is -2.09. The first-order valence-corrected chi connectivity index (χ1v) is 7.97. The topological polar surface area (TPSA) is 76.5 Å². The van der Waals surface area contributed by atoms with Crippen molar-refractivity contribution in [2.45, 2.75) is 13.8 Å². The summed E-state index contributed by atoms with van der Waals surface area (Å²) in [5.41, 5.74) is 5.87. The van der Waals surface area contributed by atoms with Gasteiger partial charge in [0, 0.05) is 17.8 Å². The first kappa shape index (κ1) is 16.6. The molecule has 2 aromatic heterocycles. The number of rotatable bonds is 5. The molecule has 3 aromatic rings. The van der Waals surface area contributed by atoms with E-state index in [0.29, 0.717) is 11.4 Å². The van der Waals surface area contributed by atoms with E-state index in [2.05, 4.69) is 20.5 Å². The number of hydrogen-bond donors (Lipinski definition) is 1. The van der Waals surface area contributed by atoms with Crippen LogP contribution in [0, 0.1) is 6.92 Å². The number of hydrazone groups is 1. The van der Waals surface area contributed by atoms with Crippen LogP contribution in [-0.2, 0) is 9.53 Å². The van der Waals surface area contributed by atoms with Gasteiger partial charge in [-0.25, -0.2) is 4.79 Å². The molecule has 0 aliphatic carbocycles. The predicted octanol–water partition coefficient (Wildman–Crippen LogP) is 3.32. The van der Waals surface area contributed by atoms with Crippen LogP contribution in [0.25, 0.3) is 10.9 Å². The number of aromatic nitrogens is 2. The van der Waals surface area contributed by atoms with E-state index in [1.54, 1.807) is 19.3 Å². The average Bonchev–Trinajstić information content (AvgIpc) is 2.63. The van der Waals surface area contributed by atoms with Crippen molar-refractivity contribution in [3.63, 3.8) is 0 Å². The van der Waals surface area contributed by atoms with Crippen LogP contribution in [0.5, 0.6) is 0 Å². The minimum Gasteiger partial charge on any atom is -0.461 e. The zero-order valence-corrected chi connectivity index (χ0v) is 14.1. The molecule has 0 saturated heterocycles. The van der Waals surface area contributed by atoms with Gasteiger partial charge in [0.05, 0.1) is 17.8 Å². The number of pyridine rings is 2. The predicted molar refractivity (Wildman–Crippen MR) is 97.5 cm³/mol. The summed E-state index contributed by atoms with van der Waals surface area (Å²) >= 11 is 0. The van der Waals surface area contributed by atoms with Gasteiger partial charge in [0.15, 0.2) is 5.71 Å². The fourth-order valence-corrected chi connectivity index (χ4v) is 2.44. The molecule has 0 atom stereocenters. The number of benzene rings is 1. The van der Waals surface area contributed by atoms with E-state index in [1.807, 2.05) is 49.4 Å². The summed E-state index contributed by atoms with van der Waals surface area (Å²) in [5, 5.41) is 5.26. The zero-order chi connectivity index (χ0) is 17.6. The van der Waals surface area contributed by atoms with Gasteiger partial charge in [-0.3, -0.25) is 15.4 Å². The summed E-state index contributed by atoms with van der Waals surface area (Å²) in [7, 11) is 0. The quantitative estimate of drug-likeness (QED) is 0.440. The van der Waals surface area contributed by atoms with Gasteiger partial charge in [-0.05, 0) is 37.6 Å². The summed E-state index contributed by atoms with van der Waals surface area (Å²) in [6, 6.07) is 13.2. The molecule has 3 rings (SSSR count). The maximum absolute atomic E-state index is 12.3. The van der Waals surface area contributed by atoms with Crippen LogP contribution in [0.2, 0.25) is 0 Å². The van der Waals surface area contributed by atoms with Crippen LogP contribution < -0.4 is 5.43 Å². The minimum atomic E-state index is -0.523. The van der Waals surface area contributed by atoms with Gasteiger partial charge in [0.2, 0.25) is 0 Å². The number of anilines is 1. The molecule has 0 aliphatic heterocycles. The van der Waals surface area contributed by atoms with Gasteiger partial charge in [0.25, 0.3) is 0 Å². The number of nitrogens with one attached hydrogen (secondary N) is 1. The first-order chi connectivity index (χ1) is 12.2. The Morgan fingerprint density at radius 1 is 1.12 bits per heavy atom. The van der Waals surface area contributed by atoms with Crippen LogP contribution in [0.1, 0.15) is 18.2 Å². The van der Waals surface area contributed by atoms with Gasteiger partial charge in [-0.2, -0.15) is 5.10 Å². The molecule has 0 spiro atoms. The summed E-state index contributed by atoms with van der Waals surface area (Å²) in [5.74, 6) is -0.523. The van der Waals surface area contributed by atoms with Gasteiger partial charge in [-0.1, -0.05) is 24.3 Å². The number of para-hydroxylation sites is 1. The number of nitrogens with zero attached hydrogens (tertiary/aromatic N) is 3. The fourth-order valence-electron chi connectivity index (χ4n) is 2.44. The van der Waals surface area contributed by atoms with Crippen LogP contribution in [0.3, 0.4) is 0 Å². The number of hydrogen-bond acceptors (Lipinski definition) is 6. The Morgan fingerprint density at radius 2 is 1.88 bits per heavy atom. The maximum atomic E-state index is 12.3. The molecule has 0 amide bonds. The standard InChI is InChI=1S/C19H18N4O2/c1-3-25-19(24)18(16-13(2)7-5-11-20-16)23-22-15-10-4-8-14-9-6-12-21-17(14)15/h4-12,22H,3H2,1-2H3/b23-18-. The van der Waals surface area contributed by atoms with E-state index in [4.69, 9.17) is 4.74 Å². The van der Waals surface area contributed by atoms with Crippen LogP contribution in [0.4, 0.5) is 5.69 Å². The van der Waals surface area contributed by atoms with Crippen molar-refractivity contribution in [1.29, 1.82) is 0 Å². The van der Waals surface area contributed by atoms with Crippen LogP contribution in [0.15, 0.2) is 60.0 Å². The first-order valence-electron chi connectivity index (χ1n) is 7.97. The third kappa shape index (κ3) is 3.63. The molecular formula is C19H18N4O2. The van der Waals surface area contributed by atoms with Crippen molar-refractivity contribution in [1.82, 2.24) is 9.97 Å². The van der Waals surface area contributed by atoms with E-state index in [9.17, 15) is 4.79 Å². The van der Waals surface area contributed by atoms with E-state index >= 15 is 0 Å². The molecule has 0 aliphatic rings. The largest absolute Gasteiger partial charge is 0.461 e. The smallest absolute Gasteiger partial charge is 0.361 e. The number of esters is 1. The Labute approximate surface area is 145 Å². The third-order valence-corrected chi connectivity index (χ3v) is 3.62. The van der Waals surface area contributed by atoms with Gasteiger partial charge >= 0.3 is 5.97 Å². The molecule has 0 radical (unpaired) electrons. The van der Waals surface area contributed by atoms with E-state index in [-0.39, 0.29) is 12.3 Å². The van der Waals surface area contributed by atoms with E-state index in [1.165, 1.54) is 0 Å². The highest BCUT2D eigenvalue weighted by molar-refractivity contribution is 6.43. The molecule has 25 heavy (non-hydrogen) atoms. The van der Waals surface area contributed by atoms with Crippen molar-refractivity contribution >= 4 is 28.3 Å². The van der Waals surface area contributed by atoms with Crippen molar-refractivity contribution in [3.05, 3.63) is 66.1 Å². The van der Waals surface area contributed by atoms with E-state index in [0.717, 1.165) is 16.5 Å². The van der Waals surface area contributed by atoms with Gasteiger partial charge < -0.3 is 4.74 Å². The summed E-state index contributed by atoms with van der Waals surface area (Å²) in [6.45, 7) is 3.89. The normalized spacial score (nSPS) is 11.4. The second kappa shape index (κ2) is 7.53. The molecule has 0 saturated carbocycles. The molecule has 0 unspecified atom stereocenters. The summed E-state index contributed by atoms with van der Waals surface area (Å²) in [4.78, 5) is 21.0. The number of carbonyl (C=O) groups excluding carboxylic acids is 1. The average molecular weight is 334 g/mol. The number of ether oxygens (including phenoxy) is 1. The highest BCUT2D eigenvalue weighted by atomic mass is 16.5. The Morgan fingerprint density at radius 3 is 2.68 bits per heavy atom. The lowest BCUT2D eigenvalue weighted by molar-refractivity contribution is -0.134. The summed E-state index contributed by atoms with van der Waals surface area (Å²) < 4.78 is 5.12. The SMILES string of the molecule is CCOC(=O)/C(=N\Nc1cccc2cccnc12)c1ncccc1C. The molecule has 126 valence electrons. The lowest BCUT2D eigenvalue weighted by Crippen LogP contribution is -2.22. The Kier molecular flexibility index (Phi) is 4.99. The van der Waals surface area contributed by atoms with E-state index < -0.39 is 5.97 Å². The molecule has 6 nitrogen and oxygen atoms in total. The molecular weight excluding hydrogens is 316 g/mol. The molecule has 0 fully saturated rings. The molecule has 2 heterocycles. The second-order valence-electron chi connectivity index (χ2n) is 5.34.